The summed E-state index contributed by atoms with van der Waals surface area (Å²) in [5.41, 5.74) is 1.87. The van der Waals surface area contributed by atoms with E-state index in [0.29, 0.717) is 0 Å². The van der Waals surface area contributed by atoms with Gasteiger partial charge in [0.25, 0.3) is 0 Å². The summed E-state index contributed by atoms with van der Waals surface area (Å²) in [6.07, 6.45) is 20.5. The molecule has 2 fully saturated rings. The summed E-state index contributed by atoms with van der Waals surface area (Å²) in [5, 5.41) is 0. The number of rotatable bonds is 0. The van der Waals surface area contributed by atoms with Crippen molar-refractivity contribution in [3.05, 3.63) is 11.6 Å². The molecule has 19 heavy (non-hydrogen) atoms. The van der Waals surface area contributed by atoms with Crippen molar-refractivity contribution in [1.82, 2.24) is 0 Å². The molecule has 0 heteroatoms. The summed E-state index contributed by atoms with van der Waals surface area (Å²) in [6, 6.07) is 0. The quantitative estimate of drug-likeness (QED) is 0.460. The topological polar surface area (TPSA) is 0 Å². The lowest BCUT2D eigenvalue weighted by atomic mass is 9.74. The van der Waals surface area contributed by atoms with Gasteiger partial charge in [0.15, 0.2) is 0 Å². The zero-order valence-corrected chi connectivity index (χ0v) is 12.9. The first-order valence-corrected chi connectivity index (χ1v) is 9.04. The van der Waals surface area contributed by atoms with Crippen molar-refractivity contribution in [2.75, 3.05) is 0 Å². The third kappa shape index (κ3) is 3.64. The van der Waals surface area contributed by atoms with E-state index in [1.54, 1.807) is 19.3 Å². The van der Waals surface area contributed by atoms with Crippen LogP contribution in [0.4, 0.5) is 0 Å². The van der Waals surface area contributed by atoms with Crippen LogP contribution in [-0.4, -0.2) is 0 Å². The molecule has 0 spiro atoms. The average molecular weight is 260 g/mol. The first-order valence-electron chi connectivity index (χ1n) is 9.04. The molecule has 0 amide bonds. The van der Waals surface area contributed by atoms with E-state index in [2.05, 4.69) is 13.0 Å². The fourth-order valence-corrected chi connectivity index (χ4v) is 4.70. The lowest BCUT2D eigenvalue weighted by Gasteiger charge is -2.31. The van der Waals surface area contributed by atoms with Gasteiger partial charge in [-0.3, -0.25) is 0 Å². The second-order valence-corrected chi connectivity index (χ2v) is 7.57. The Bertz CT molecular complexity index is 314. The van der Waals surface area contributed by atoms with Crippen LogP contribution < -0.4 is 0 Å². The van der Waals surface area contributed by atoms with Crippen LogP contribution in [0.15, 0.2) is 11.6 Å². The molecule has 4 unspecified atom stereocenters. The Kier molecular flexibility index (Phi) is 4.66. The molecule has 108 valence electrons. The predicted octanol–water partition coefficient (Wildman–Crippen LogP) is 6.12. The van der Waals surface area contributed by atoms with E-state index in [1.165, 1.54) is 57.8 Å². The number of hydrogen-bond acceptors (Lipinski definition) is 0. The van der Waals surface area contributed by atoms with Crippen molar-refractivity contribution < 1.29 is 0 Å². The fourth-order valence-electron chi connectivity index (χ4n) is 4.70. The summed E-state index contributed by atoms with van der Waals surface area (Å²) in [7, 11) is 0. The molecule has 3 rings (SSSR count). The maximum atomic E-state index is 2.67. The van der Waals surface area contributed by atoms with Gasteiger partial charge in [-0.15, -0.1) is 0 Å². The molecule has 3 aliphatic carbocycles. The molecule has 0 heterocycles. The molecule has 3 aliphatic rings. The molecule has 0 nitrogen and oxygen atoms in total. The summed E-state index contributed by atoms with van der Waals surface area (Å²) in [4.78, 5) is 0. The molecule has 0 N–H and O–H groups in total. The average Bonchev–Trinajstić information content (AvgIpc) is 3.13. The van der Waals surface area contributed by atoms with E-state index in [1.807, 2.05) is 5.57 Å². The highest BCUT2D eigenvalue weighted by molar-refractivity contribution is 5.14. The van der Waals surface area contributed by atoms with E-state index in [-0.39, 0.29) is 0 Å². The van der Waals surface area contributed by atoms with Crippen LogP contribution in [-0.2, 0) is 0 Å². The lowest BCUT2D eigenvalue weighted by Crippen LogP contribution is -2.18. The standard InChI is InChI=1S/C19H32/c1-15-9-8-11-17-14-18-13-16(18)10-6-4-2-3-5-7-12-19(15)17/h12,15-18H,2-11,13-14H2,1H3/b19-12-. The first kappa shape index (κ1) is 13.7. The number of fused-ring (bicyclic) bond motifs is 2. The Morgan fingerprint density at radius 3 is 2.58 bits per heavy atom. The lowest BCUT2D eigenvalue weighted by molar-refractivity contribution is 0.346. The number of hydrogen-bond donors (Lipinski definition) is 0. The van der Waals surface area contributed by atoms with Crippen LogP contribution in [0.3, 0.4) is 0 Å². The maximum absolute atomic E-state index is 2.67. The summed E-state index contributed by atoms with van der Waals surface area (Å²) < 4.78 is 0. The molecule has 0 aliphatic heterocycles. The van der Waals surface area contributed by atoms with Gasteiger partial charge < -0.3 is 0 Å². The van der Waals surface area contributed by atoms with Crippen LogP contribution in [0.1, 0.15) is 84.0 Å². The zero-order valence-electron chi connectivity index (χ0n) is 12.9. The minimum absolute atomic E-state index is 0.890. The normalized spacial score (nSPS) is 43.5. The van der Waals surface area contributed by atoms with Crippen molar-refractivity contribution in [3.8, 4) is 0 Å². The zero-order chi connectivity index (χ0) is 13.1. The predicted molar refractivity (Wildman–Crippen MR) is 83.1 cm³/mol. The van der Waals surface area contributed by atoms with Gasteiger partial charge in [-0.2, -0.15) is 0 Å². The highest BCUT2D eigenvalue weighted by Crippen LogP contribution is 2.50. The molecule has 0 bridgehead atoms. The second kappa shape index (κ2) is 6.46. The van der Waals surface area contributed by atoms with Crippen LogP contribution in [0.5, 0.6) is 0 Å². The minimum Gasteiger partial charge on any atom is -0.0848 e. The van der Waals surface area contributed by atoms with Gasteiger partial charge in [0.05, 0.1) is 0 Å². The fraction of sp³-hybridized carbons (Fsp3) is 0.895. The summed E-state index contributed by atoms with van der Waals surface area (Å²) in [6.45, 7) is 2.49. The Labute approximate surface area is 120 Å². The van der Waals surface area contributed by atoms with Gasteiger partial charge in [-0.05, 0) is 62.2 Å². The van der Waals surface area contributed by atoms with Gasteiger partial charge in [-0.1, -0.05) is 57.1 Å². The Morgan fingerprint density at radius 2 is 1.63 bits per heavy atom. The minimum atomic E-state index is 0.890. The van der Waals surface area contributed by atoms with Crippen molar-refractivity contribution >= 4 is 0 Å². The molecule has 0 aromatic rings. The molecule has 0 aromatic heterocycles. The van der Waals surface area contributed by atoms with Crippen LogP contribution >= 0.6 is 0 Å². The number of allylic oxidation sites excluding steroid dienone is 2. The highest BCUT2D eigenvalue weighted by Gasteiger charge is 2.39. The maximum Gasteiger partial charge on any atom is -0.0198 e. The van der Waals surface area contributed by atoms with Gasteiger partial charge in [0.2, 0.25) is 0 Å². The van der Waals surface area contributed by atoms with Gasteiger partial charge >= 0.3 is 0 Å². The van der Waals surface area contributed by atoms with Gasteiger partial charge in [-0.25, -0.2) is 0 Å². The van der Waals surface area contributed by atoms with Crippen LogP contribution in [0.25, 0.3) is 0 Å². The largest absolute Gasteiger partial charge is 0.0848 e. The van der Waals surface area contributed by atoms with Gasteiger partial charge in [0.1, 0.15) is 0 Å². The van der Waals surface area contributed by atoms with Crippen LogP contribution in [0.2, 0.25) is 0 Å². The van der Waals surface area contributed by atoms with Crippen LogP contribution in [0, 0.1) is 23.7 Å². The summed E-state index contributed by atoms with van der Waals surface area (Å²) in [5.74, 6) is 4.10. The second-order valence-electron chi connectivity index (χ2n) is 7.57. The smallest absolute Gasteiger partial charge is 0.0198 e. The first-order chi connectivity index (χ1) is 9.34. The molecular formula is C19H32. The van der Waals surface area contributed by atoms with Crippen molar-refractivity contribution in [3.63, 3.8) is 0 Å². The molecule has 0 saturated heterocycles. The SMILES string of the molecule is CC1CCCC2CC3CC3CCCCCCC/C=C/12. The molecular weight excluding hydrogens is 228 g/mol. The third-order valence-electron chi connectivity index (χ3n) is 6.05. The Balaban J connectivity index is 1.66. The van der Waals surface area contributed by atoms with Gasteiger partial charge in [0, 0.05) is 0 Å². The highest BCUT2D eigenvalue weighted by atomic mass is 14.4. The van der Waals surface area contributed by atoms with E-state index in [4.69, 9.17) is 0 Å². The Morgan fingerprint density at radius 1 is 0.789 bits per heavy atom. The summed E-state index contributed by atoms with van der Waals surface area (Å²) >= 11 is 0. The third-order valence-corrected chi connectivity index (χ3v) is 6.05. The van der Waals surface area contributed by atoms with Crippen molar-refractivity contribution in [2.45, 2.75) is 84.0 Å². The van der Waals surface area contributed by atoms with E-state index in [0.717, 1.165) is 23.7 Å². The Hall–Kier alpha value is -0.260. The van der Waals surface area contributed by atoms with E-state index in [9.17, 15) is 0 Å². The van der Waals surface area contributed by atoms with Crippen molar-refractivity contribution in [2.24, 2.45) is 23.7 Å². The molecule has 4 atom stereocenters. The monoisotopic (exact) mass is 260 g/mol. The van der Waals surface area contributed by atoms with E-state index < -0.39 is 0 Å². The molecule has 0 radical (unpaired) electrons. The molecule has 2 saturated carbocycles. The van der Waals surface area contributed by atoms with Crippen molar-refractivity contribution in [1.29, 1.82) is 0 Å². The van der Waals surface area contributed by atoms with E-state index >= 15 is 0 Å². The molecule has 0 aromatic carbocycles.